The van der Waals surface area contributed by atoms with E-state index >= 15 is 0 Å². The van der Waals surface area contributed by atoms with Gasteiger partial charge in [-0.3, -0.25) is 0 Å². The third-order valence-corrected chi connectivity index (χ3v) is 13.1. The number of rotatable bonds is 12. The second kappa shape index (κ2) is 28.0. The molecule has 0 fully saturated rings. The normalized spacial score (nSPS) is 12.1. The maximum Gasteiger partial charge on any atom is 1.00 e. The van der Waals surface area contributed by atoms with Crippen LogP contribution in [0.15, 0.2) is 82.8 Å². The average Bonchev–Trinajstić information content (AvgIpc) is 3.21. The van der Waals surface area contributed by atoms with E-state index in [1.807, 2.05) is 0 Å². The SMILES string of the molecule is CC(C)c1cccc(C(C)C)c1N=C(C#C[Si](C)(C)C)[N-]c1c(C(C)C)cccc1C(C)C.CC(C)c1cccc(C(C)C)c1N=C(C#C[Si](C)(C)C)[N-]c1c(C(C)C)cccc1C(C)C.[Au+].[Au+]. The van der Waals surface area contributed by atoms with Crippen molar-refractivity contribution in [3.05, 3.63) is 128 Å². The van der Waals surface area contributed by atoms with Crippen LogP contribution in [0, 0.1) is 22.9 Å². The van der Waals surface area contributed by atoms with Crippen LogP contribution in [0.25, 0.3) is 10.6 Å². The van der Waals surface area contributed by atoms with Gasteiger partial charge in [0.2, 0.25) is 0 Å². The molecule has 4 aromatic rings. The van der Waals surface area contributed by atoms with Crippen molar-refractivity contribution in [3.63, 3.8) is 0 Å². The third-order valence-electron chi connectivity index (χ3n) is 11.3. The molecule has 0 spiro atoms. The molecule has 0 radical (unpaired) electrons. The van der Waals surface area contributed by atoms with Gasteiger partial charge in [-0.15, -0.1) is 11.1 Å². The molecule has 4 nitrogen and oxygen atoms in total. The van der Waals surface area contributed by atoms with Crippen molar-refractivity contribution in [1.82, 2.24) is 0 Å². The van der Waals surface area contributed by atoms with Gasteiger partial charge in [-0.2, -0.15) is 0 Å². The summed E-state index contributed by atoms with van der Waals surface area (Å²) in [6.07, 6.45) is 0. The van der Waals surface area contributed by atoms with E-state index in [1.54, 1.807) is 0 Å². The molecule has 0 bridgehead atoms. The Hall–Kier alpha value is -3.15. The molecule has 0 heterocycles. The van der Waals surface area contributed by atoms with E-state index in [4.69, 9.17) is 20.6 Å². The zero-order chi connectivity index (χ0) is 49.8. The fourth-order valence-electron chi connectivity index (χ4n) is 7.64. The van der Waals surface area contributed by atoms with Crippen LogP contribution in [0.2, 0.25) is 39.3 Å². The molecule has 8 heteroatoms. The van der Waals surface area contributed by atoms with Gasteiger partial charge in [0.05, 0.1) is 0 Å². The first-order chi connectivity index (χ1) is 30.6. The summed E-state index contributed by atoms with van der Waals surface area (Å²) in [5, 5.41) is 10.4. The van der Waals surface area contributed by atoms with Crippen molar-refractivity contribution in [2.45, 2.75) is 197 Å². The van der Waals surface area contributed by atoms with Crippen LogP contribution in [0.3, 0.4) is 0 Å². The molecule has 0 amide bonds. The van der Waals surface area contributed by atoms with E-state index in [2.05, 4.69) is 246 Å². The summed E-state index contributed by atoms with van der Waals surface area (Å²) in [6, 6.07) is 26.2. The summed E-state index contributed by atoms with van der Waals surface area (Å²) in [5.41, 5.74) is 21.2. The molecule has 4 aromatic carbocycles. The van der Waals surface area contributed by atoms with Gasteiger partial charge in [0.25, 0.3) is 0 Å². The number of benzene rings is 4. The van der Waals surface area contributed by atoms with Gasteiger partial charge in [0, 0.05) is 0 Å². The molecule has 376 valence electrons. The summed E-state index contributed by atoms with van der Waals surface area (Å²) in [5.74, 6) is 11.1. The molecule has 0 N–H and O–H groups in total. The molecule has 68 heavy (non-hydrogen) atoms. The van der Waals surface area contributed by atoms with Crippen molar-refractivity contribution in [2.75, 3.05) is 0 Å². The maximum atomic E-state index is 5.20. The van der Waals surface area contributed by atoms with Crippen molar-refractivity contribution in [1.29, 1.82) is 0 Å². The van der Waals surface area contributed by atoms with Crippen LogP contribution in [0.1, 0.15) is 203 Å². The van der Waals surface area contributed by atoms with Crippen LogP contribution in [-0.4, -0.2) is 27.8 Å². The van der Waals surface area contributed by atoms with Crippen LogP contribution in [0.4, 0.5) is 22.7 Å². The first-order valence-electron chi connectivity index (χ1n) is 24.8. The zero-order valence-electron chi connectivity index (χ0n) is 45.9. The number of aliphatic imine (C=N–C) groups is 2. The molecule has 0 saturated carbocycles. The van der Waals surface area contributed by atoms with Crippen molar-refractivity contribution >= 4 is 50.6 Å². The number of para-hydroxylation sites is 4. The van der Waals surface area contributed by atoms with Gasteiger partial charge in [0.15, 0.2) is 0 Å². The smallest absolute Gasteiger partial charge is 0.428 e. The van der Waals surface area contributed by atoms with Crippen LogP contribution in [0.5, 0.6) is 0 Å². The predicted molar refractivity (Wildman–Crippen MR) is 301 cm³/mol. The van der Waals surface area contributed by atoms with Crippen molar-refractivity contribution in [3.8, 4) is 22.9 Å². The van der Waals surface area contributed by atoms with Crippen LogP contribution >= 0.6 is 0 Å². The summed E-state index contributed by atoms with van der Waals surface area (Å²) >= 11 is 0. The summed E-state index contributed by atoms with van der Waals surface area (Å²) < 4.78 is 0. The van der Waals surface area contributed by atoms with Gasteiger partial charge in [-0.05, 0) is 126 Å². The molecule has 0 atom stereocenters. The minimum absolute atomic E-state index is 0. The van der Waals surface area contributed by atoms with E-state index in [0.29, 0.717) is 59.0 Å². The van der Waals surface area contributed by atoms with E-state index in [1.165, 1.54) is 44.5 Å². The molecule has 0 aromatic heterocycles. The summed E-state index contributed by atoms with van der Waals surface area (Å²) in [7, 11) is -3.20. The summed E-state index contributed by atoms with van der Waals surface area (Å²) in [6.45, 7) is 49.3. The molecule has 0 saturated heterocycles. The number of nitrogens with zero attached hydrogens (tertiary/aromatic N) is 4. The average molecular weight is 1310 g/mol. The van der Waals surface area contributed by atoms with Gasteiger partial charge in [-0.1, -0.05) is 235 Å². The van der Waals surface area contributed by atoms with Crippen LogP contribution < -0.4 is 0 Å². The molecule has 4 rings (SSSR count). The Morgan fingerprint density at radius 3 is 0.721 bits per heavy atom. The minimum atomic E-state index is -1.60. The Morgan fingerprint density at radius 2 is 0.544 bits per heavy atom. The van der Waals surface area contributed by atoms with Gasteiger partial charge >= 0.3 is 44.8 Å². The number of hydrogen-bond acceptors (Lipinski definition) is 2. The first kappa shape index (κ1) is 62.9. The Labute approximate surface area is 450 Å². The maximum absolute atomic E-state index is 5.20. The Balaban J connectivity index is 0.000000661. The fourth-order valence-corrected chi connectivity index (χ4v) is 8.61. The molecule has 0 aliphatic heterocycles. The monoisotopic (exact) mass is 1310 g/mol. The molecule has 0 unspecified atom stereocenters. The standard InChI is InChI=1S/2C30H43N2Si.2Au/c2*1-20(2)24-14-12-15-25(21(3)4)29(24)31-28(18-19-33(9,10)11)32-30-26(22(5)6)16-13-17-27(30)23(7)8;;/h2*12-17,20-23H,1-11H3;;/q2*-1;2*+1. The second-order valence-electron chi connectivity index (χ2n) is 22.5. The zero-order valence-corrected chi connectivity index (χ0v) is 52.3. The Bertz CT molecular complexity index is 2160. The van der Waals surface area contributed by atoms with Gasteiger partial charge in [0.1, 0.15) is 16.1 Å². The second-order valence-corrected chi connectivity index (χ2v) is 32.0. The largest absolute Gasteiger partial charge is 1.00 e. The van der Waals surface area contributed by atoms with E-state index in [-0.39, 0.29) is 44.8 Å². The Kier molecular flexibility index (Phi) is 25.9. The van der Waals surface area contributed by atoms with Crippen LogP contribution in [-0.2, 0) is 44.8 Å². The van der Waals surface area contributed by atoms with Crippen molar-refractivity contribution in [2.24, 2.45) is 9.98 Å². The van der Waals surface area contributed by atoms with Gasteiger partial charge in [-0.25, -0.2) is 0 Å². The van der Waals surface area contributed by atoms with Crippen molar-refractivity contribution < 1.29 is 44.8 Å². The first-order valence-corrected chi connectivity index (χ1v) is 31.8. The number of amidine groups is 2. The minimum Gasteiger partial charge on any atom is -0.428 e. The number of hydrogen-bond donors (Lipinski definition) is 0. The van der Waals surface area contributed by atoms with E-state index < -0.39 is 16.1 Å². The molecular weight excluding hydrogens is 1230 g/mol. The quantitative estimate of drug-likeness (QED) is 0.0588. The summed E-state index contributed by atoms with van der Waals surface area (Å²) in [4.78, 5) is 10.4. The molecule has 0 aliphatic rings. The molecule has 0 aliphatic carbocycles. The van der Waals surface area contributed by atoms with Gasteiger partial charge < -0.3 is 20.6 Å². The fraction of sp³-hybridized carbons (Fsp3) is 0.500. The van der Waals surface area contributed by atoms with E-state index in [9.17, 15) is 0 Å². The molecular formula is C60H86Au2N4Si2. The van der Waals surface area contributed by atoms with E-state index in [0.717, 1.165) is 22.7 Å². The third kappa shape index (κ3) is 18.9. The Morgan fingerprint density at radius 1 is 0.353 bits per heavy atom. The topological polar surface area (TPSA) is 52.9 Å². The predicted octanol–water partition coefficient (Wildman–Crippen LogP) is 19.6.